The van der Waals surface area contributed by atoms with Crippen molar-refractivity contribution in [3.05, 3.63) is 0 Å². The first kappa shape index (κ1) is 15.3. The molecule has 1 N–H and O–H groups in total. The summed E-state index contributed by atoms with van der Waals surface area (Å²) < 4.78 is 0. The molecular formula is C17H34N2. The minimum absolute atomic E-state index is 0.572. The van der Waals surface area contributed by atoms with Crippen molar-refractivity contribution in [3.8, 4) is 0 Å². The molecule has 2 rings (SSSR count). The highest BCUT2D eigenvalue weighted by molar-refractivity contribution is 4.91. The van der Waals surface area contributed by atoms with Crippen LogP contribution in [0.2, 0.25) is 0 Å². The Labute approximate surface area is 120 Å². The lowest BCUT2D eigenvalue weighted by molar-refractivity contribution is 0.113. The van der Waals surface area contributed by atoms with Crippen LogP contribution in [-0.4, -0.2) is 36.6 Å². The third-order valence-electron chi connectivity index (χ3n) is 5.34. The van der Waals surface area contributed by atoms with E-state index in [0.29, 0.717) is 11.5 Å². The topological polar surface area (TPSA) is 15.3 Å². The Bertz CT molecular complexity index is 250. The van der Waals surface area contributed by atoms with Crippen LogP contribution < -0.4 is 5.32 Å². The van der Waals surface area contributed by atoms with E-state index in [1.807, 2.05) is 0 Å². The Morgan fingerprint density at radius 2 is 1.74 bits per heavy atom. The molecule has 2 heteroatoms. The van der Waals surface area contributed by atoms with E-state index in [0.717, 1.165) is 6.04 Å². The minimum Gasteiger partial charge on any atom is -0.314 e. The van der Waals surface area contributed by atoms with Gasteiger partial charge < -0.3 is 10.2 Å². The van der Waals surface area contributed by atoms with Crippen molar-refractivity contribution in [2.24, 2.45) is 5.41 Å². The first-order chi connectivity index (χ1) is 9.15. The molecule has 0 aliphatic heterocycles. The normalized spacial score (nSPS) is 23.8. The average molecular weight is 266 g/mol. The standard InChI is InChI=1S/C17H34N2/c1-4-19(16-9-5-6-10-16)14-17(11-7-8-12-17)13-18-15(2)3/h15-16,18H,4-14H2,1-3H3. The van der Waals surface area contributed by atoms with Crippen molar-refractivity contribution >= 4 is 0 Å². The summed E-state index contributed by atoms with van der Waals surface area (Å²) in [4.78, 5) is 2.81. The van der Waals surface area contributed by atoms with Gasteiger partial charge in [0.1, 0.15) is 0 Å². The predicted octanol–water partition coefficient (Wildman–Crippen LogP) is 3.81. The van der Waals surface area contributed by atoms with Crippen LogP contribution >= 0.6 is 0 Å². The van der Waals surface area contributed by atoms with Gasteiger partial charge in [-0.3, -0.25) is 0 Å². The summed E-state index contributed by atoms with van der Waals surface area (Å²) in [6, 6.07) is 1.51. The monoisotopic (exact) mass is 266 g/mol. The molecule has 2 aliphatic rings. The summed E-state index contributed by atoms with van der Waals surface area (Å²) >= 11 is 0. The van der Waals surface area contributed by atoms with Gasteiger partial charge in [0, 0.05) is 25.2 Å². The molecule has 0 bridgehead atoms. The van der Waals surface area contributed by atoms with E-state index in [1.54, 1.807) is 0 Å². The molecule has 112 valence electrons. The van der Waals surface area contributed by atoms with E-state index in [-0.39, 0.29) is 0 Å². The summed E-state index contributed by atoms with van der Waals surface area (Å²) in [6.07, 6.45) is 11.6. The van der Waals surface area contributed by atoms with E-state index in [4.69, 9.17) is 0 Å². The van der Waals surface area contributed by atoms with Crippen molar-refractivity contribution in [1.82, 2.24) is 10.2 Å². The predicted molar refractivity (Wildman–Crippen MR) is 83.5 cm³/mol. The Kier molecular flexibility index (Phi) is 5.70. The maximum absolute atomic E-state index is 3.72. The van der Waals surface area contributed by atoms with Gasteiger partial charge in [0.2, 0.25) is 0 Å². The lowest BCUT2D eigenvalue weighted by Crippen LogP contribution is -2.47. The van der Waals surface area contributed by atoms with Crippen LogP contribution in [0, 0.1) is 5.41 Å². The third-order valence-corrected chi connectivity index (χ3v) is 5.34. The number of rotatable bonds is 7. The number of nitrogens with one attached hydrogen (secondary N) is 1. The highest BCUT2D eigenvalue weighted by Gasteiger charge is 2.37. The zero-order chi connectivity index (χ0) is 13.7. The quantitative estimate of drug-likeness (QED) is 0.754. The molecule has 0 spiro atoms. The van der Waals surface area contributed by atoms with Gasteiger partial charge in [-0.1, -0.05) is 46.5 Å². The van der Waals surface area contributed by atoms with Crippen LogP contribution in [0.15, 0.2) is 0 Å². The molecule has 0 atom stereocenters. The lowest BCUT2D eigenvalue weighted by Gasteiger charge is -2.38. The van der Waals surface area contributed by atoms with Gasteiger partial charge in [-0.15, -0.1) is 0 Å². The summed E-state index contributed by atoms with van der Waals surface area (Å²) in [5.74, 6) is 0. The SMILES string of the molecule is CCN(CC1(CNC(C)C)CCCC1)C1CCCC1. The molecule has 19 heavy (non-hydrogen) atoms. The van der Waals surface area contributed by atoms with Crippen molar-refractivity contribution in [3.63, 3.8) is 0 Å². The Balaban J connectivity index is 1.93. The molecule has 0 aromatic carbocycles. The Hall–Kier alpha value is -0.0800. The average Bonchev–Trinajstić information content (AvgIpc) is 3.06. The molecule has 2 fully saturated rings. The molecule has 2 nitrogen and oxygen atoms in total. The van der Waals surface area contributed by atoms with Crippen molar-refractivity contribution in [2.45, 2.75) is 84.2 Å². The molecule has 0 saturated heterocycles. The van der Waals surface area contributed by atoms with Crippen molar-refractivity contribution in [2.75, 3.05) is 19.6 Å². The Morgan fingerprint density at radius 1 is 1.11 bits per heavy atom. The Morgan fingerprint density at radius 3 is 2.26 bits per heavy atom. The smallest absolute Gasteiger partial charge is 0.00953 e. The molecule has 2 saturated carbocycles. The van der Waals surface area contributed by atoms with Crippen molar-refractivity contribution < 1.29 is 0 Å². The zero-order valence-electron chi connectivity index (χ0n) is 13.4. The van der Waals surface area contributed by atoms with Crippen molar-refractivity contribution in [1.29, 1.82) is 0 Å². The number of hydrogen-bond donors (Lipinski definition) is 1. The van der Waals surface area contributed by atoms with Gasteiger partial charge in [0.15, 0.2) is 0 Å². The van der Waals surface area contributed by atoms with Crippen LogP contribution in [0.3, 0.4) is 0 Å². The molecule has 0 aromatic heterocycles. The van der Waals surface area contributed by atoms with E-state index in [2.05, 4.69) is 31.0 Å². The highest BCUT2D eigenvalue weighted by atomic mass is 15.2. The fourth-order valence-corrected chi connectivity index (χ4v) is 4.14. The first-order valence-electron chi connectivity index (χ1n) is 8.63. The maximum Gasteiger partial charge on any atom is 0.00953 e. The molecule has 0 amide bonds. The fourth-order valence-electron chi connectivity index (χ4n) is 4.14. The van der Waals surface area contributed by atoms with Crippen LogP contribution in [-0.2, 0) is 0 Å². The van der Waals surface area contributed by atoms with E-state index >= 15 is 0 Å². The van der Waals surface area contributed by atoms with Crippen LogP contribution in [0.5, 0.6) is 0 Å². The second-order valence-corrected chi connectivity index (χ2v) is 7.24. The molecule has 2 aliphatic carbocycles. The summed E-state index contributed by atoms with van der Waals surface area (Å²) in [6.45, 7) is 10.7. The third kappa shape index (κ3) is 4.19. The van der Waals surface area contributed by atoms with Crippen LogP contribution in [0.4, 0.5) is 0 Å². The van der Waals surface area contributed by atoms with Gasteiger partial charge in [0.25, 0.3) is 0 Å². The van der Waals surface area contributed by atoms with Crippen LogP contribution in [0.25, 0.3) is 0 Å². The number of hydrogen-bond acceptors (Lipinski definition) is 2. The lowest BCUT2D eigenvalue weighted by atomic mass is 9.84. The van der Waals surface area contributed by atoms with Crippen LogP contribution in [0.1, 0.15) is 72.1 Å². The second kappa shape index (κ2) is 7.08. The largest absolute Gasteiger partial charge is 0.314 e. The minimum atomic E-state index is 0.572. The van der Waals surface area contributed by atoms with Gasteiger partial charge >= 0.3 is 0 Å². The van der Waals surface area contributed by atoms with E-state index in [9.17, 15) is 0 Å². The summed E-state index contributed by atoms with van der Waals surface area (Å²) in [5.41, 5.74) is 0.572. The fraction of sp³-hybridized carbons (Fsp3) is 1.00. The van der Waals surface area contributed by atoms with E-state index < -0.39 is 0 Å². The van der Waals surface area contributed by atoms with Gasteiger partial charge in [0.05, 0.1) is 0 Å². The molecule has 0 heterocycles. The highest BCUT2D eigenvalue weighted by Crippen LogP contribution is 2.39. The number of nitrogens with zero attached hydrogens (tertiary/aromatic N) is 1. The summed E-state index contributed by atoms with van der Waals surface area (Å²) in [5, 5.41) is 3.72. The zero-order valence-corrected chi connectivity index (χ0v) is 13.4. The first-order valence-corrected chi connectivity index (χ1v) is 8.63. The maximum atomic E-state index is 3.72. The molecule has 0 radical (unpaired) electrons. The second-order valence-electron chi connectivity index (χ2n) is 7.24. The summed E-state index contributed by atoms with van der Waals surface area (Å²) in [7, 11) is 0. The molecular weight excluding hydrogens is 232 g/mol. The van der Waals surface area contributed by atoms with Gasteiger partial charge in [-0.2, -0.15) is 0 Å². The van der Waals surface area contributed by atoms with E-state index in [1.165, 1.54) is 71.0 Å². The van der Waals surface area contributed by atoms with Gasteiger partial charge in [-0.25, -0.2) is 0 Å². The van der Waals surface area contributed by atoms with Gasteiger partial charge in [-0.05, 0) is 37.6 Å². The molecule has 0 aromatic rings. The molecule has 0 unspecified atom stereocenters.